The Hall–Kier alpha value is -1.79. The van der Waals surface area contributed by atoms with Crippen LogP contribution in [0.5, 0.6) is 0 Å². The Kier molecular flexibility index (Phi) is 5.26. The summed E-state index contributed by atoms with van der Waals surface area (Å²) >= 11 is 0. The lowest BCUT2D eigenvalue weighted by Crippen LogP contribution is -2.47. The number of hydrogen-bond acceptors (Lipinski definition) is 3. The van der Waals surface area contributed by atoms with E-state index < -0.39 is 13.2 Å². The Morgan fingerprint density at radius 1 is 1.50 bits per heavy atom. The third kappa shape index (κ3) is 4.35. The molecule has 1 saturated heterocycles. The first kappa shape index (κ1) is 16.6. The van der Waals surface area contributed by atoms with E-state index in [9.17, 15) is 4.79 Å². The Morgan fingerprint density at radius 2 is 2.18 bits per heavy atom. The number of carboxylic acid groups (broad SMARTS) is 1. The molecule has 0 radical (unpaired) electrons. The predicted octanol–water partition coefficient (Wildman–Crippen LogP) is 2.34. The highest BCUT2D eigenvalue weighted by Crippen LogP contribution is 2.22. The first-order valence-electron chi connectivity index (χ1n) is 7.35. The quantitative estimate of drug-likeness (QED) is 0.647. The van der Waals surface area contributed by atoms with Crippen molar-refractivity contribution in [2.24, 2.45) is 5.41 Å². The number of nitrogens with one attached hydrogen (secondary N) is 1. The van der Waals surface area contributed by atoms with E-state index in [1.165, 1.54) is 0 Å². The van der Waals surface area contributed by atoms with Crippen molar-refractivity contribution in [3.05, 3.63) is 42.5 Å². The van der Waals surface area contributed by atoms with Crippen LogP contribution in [0.25, 0.3) is 0 Å². The SMILES string of the molecule is C=CCC(NC(=O)O)c1cccc(B2OCC(C)(C)CO2)c1. The van der Waals surface area contributed by atoms with Gasteiger partial charge < -0.3 is 19.7 Å². The van der Waals surface area contributed by atoms with Crippen molar-refractivity contribution in [2.45, 2.75) is 26.3 Å². The Balaban J connectivity index is 2.15. The van der Waals surface area contributed by atoms with Crippen LogP contribution in [0.2, 0.25) is 0 Å². The number of amides is 1. The fraction of sp³-hybridized carbons (Fsp3) is 0.438. The number of rotatable bonds is 5. The van der Waals surface area contributed by atoms with E-state index >= 15 is 0 Å². The second-order valence-electron chi connectivity index (χ2n) is 6.31. The van der Waals surface area contributed by atoms with Crippen LogP contribution in [-0.4, -0.2) is 31.5 Å². The van der Waals surface area contributed by atoms with Crippen LogP contribution < -0.4 is 10.8 Å². The van der Waals surface area contributed by atoms with Crippen LogP contribution in [0.4, 0.5) is 4.79 Å². The number of hydrogen-bond donors (Lipinski definition) is 2. The van der Waals surface area contributed by atoms with Gasteiger partial charge in [-0.15, -0.1) is 6.58 Å². The van der Waals surface area contributed by atoms with Gasteiger partial charge in [0.25, 0.3) is 0 Å². The van der Waals surface area contributed by atoms with Gasteiger partial charge in [0.2, 0.25) is 0 Å². The monoisotopic (exact) mass is 303 g/mol. The molecule has 1 aliphatic heterocycles. The van der Waals surface area contributed by atoms with Crippen LogP contribution in [0.15, 0.2) is 36.9 Å². The molecule has 0 bridgehead atoms. The molecule has 1 aromatic carbocycles. The van der Waals surface area contributed by atoms with Gasteiger partial charge in [0, 0.05) is 18.6 Å². The topological polar surface area (TPSA) is 67.8 Å². The molecule has 1 aromatic rings. The molecule has 2 N–H and O–H groups in total. The maximum atomic E-state index is 10.9. The summed E-state index contributed by atoms with van der Waals surface area (Å²) in [6.45, 7) is 9.13. The van der Waals surface area contributed by atoms with Gasteiger partial charge in [-0.25, -0.2) is 4.79 Å². The molecule has 1 aliphatic rings. The second-order valence-corrected chi connectivity index (χ2v) is 6.31. The minimum Gasteiger partial charge on any atom is -0.465 e. The zero-order valence-electron chi connectivity index (χ0n) is 13.0. The summed E-state index contributed by atoms with van der Waals surface area (Å²) in [5.74, 6) is 0. The van der Waals surface area contributed by atoms with Gasteiger partial charge in [-0.2, -0.15) is 0 Å². The maximum absolute atomic E-state index is 10.9. The van der Waals surface area contributed by atoms with Crippen molar-refractivity contribution in [3.63, 3.8) is 0 Å². The molecule has 1 atom stereocenters. The van der Waals surface area contributed by atoms with Crippen molar-refractivity contribution in [3.8, 4) is 0 Å². The van der Waals surface area contributed by atoms with E-state index in [1.807, 2.05) is 24.3 Å². The number of carbonyl (C=O) groups is 1. The van der Waals surface area contributed by atoms with Crippen molar-refractivity contribution in [1.29, 1.82) is 0 Å². The highest BCUT2D eigenvalue weighted by molar-refractivity contribution is 6.61. The average Bonchev–Trinajstić information content (AvgIpc) is 2.46. The molecule has 1 heterocycles. The zero-order chi connectivity index (χ0) is 16.2. The van der Waals surface area contributed by atoms with Gasteiger partial charge in [-0.3, -0.25) is 0 Å². The molecule has 0 saturated carbocycles. The van der Waals surface area contributed by atoms with E-state index in [2.05, 4.69) is 25.7 Å². The largest absolute Gasteiger partial charge is 0.493 e. The normalized spacial score (nSPS) is 18.5. The molecule has 0 aliphatic carbocycles. The van der Waals surface area contributed by atoms with Crippen LogP contribution >= 0.6 is 0 Å². The lowest BCUT2D eigenvalue weighted by Gasteiger charge is -2.33. The van der Waals surface area contributed by atoms with Gasteiger partial charge in [0.05, 0.1) is 6.04 Å². The molecule has 1 amide bonds. The first-order chi connectivity index (χ1) is 10.4. The molecule has 2 rings (SSSR count). The summed E-state index contributed by atoms with van der Waals surface area (Å²) in [5, 5.41) is 11.5. The van der Waals surface area contributed by atoms with Gasteiger partial charge >= 0.3 is 13.2 Å². The smallest absolute Gasteiger partial charge is 0.465 e. The third-order valence-corrected chi connectivity index (χ3v) is 3.54. The van der Waals surface area contributed by atoms with E-state index in [0.29, 0.717) is 19.6 Å². The van der Waals surface area contributed by atoms with Gasteiger partial charge in [0.1, 0.15) is 0 Å². The highest BCUT2D eigenvalue weighted by atomic mass is 16.6. The summed E-state index contributed by atoms with van der Waals surface area (Å²) in [6.07, 6.45) is 1.17. The summed E-state index contributed by atoms with van der Waals surface area (Å²) in [5.41, 5.74) is 1.79. The van der Waals surface area contributed by atoms with E-state index in [1.54, 1.807) is 6.08 Å². The molecular formula is C16H22BNO4. The molecule has 5 nitrogen and oxygen atoms in total. The van der Waals surface area contributed by atoms with Gasteiger partial charge in [0.15, 0.2) is 0 Å². The van der Waals surface area contributed by atoms with E-state index in [0.717, 1.165) is 11.0 Å². The highest BCUT2D eigenvalue weighted by Gasteiger charge is 2.33. The van der Waals surface area contributed by atoms with Crippen molar-refractivity contribution in [2.75, 3.05) is 13.2 Å². The molecule has 0 aromatic heterocycles. The van der Waals surface area contributed by atoms with Crippen LogP contribution in [-0.2, 0) is 9.31 Å². The van der Waals surface area contributed by atoms with E-state index in [4.69, 9.17) is 14.4 Å². The summed E-state index contributed by atoms with van der Waals surface area (Å²) < 4.78 is 11.6. The van der Waals surface area contributed by atoms with Gasteiger partial charge in [-0.05, 0) is 17.4 Å². The Morgan fingerprint density at radius 3 is 2.77 bits per heavy atom. The standard InChI is InChI=1S/C16H22BNO4/c1-4-6-14(18-15(19)20)12-7-5-8-13(9-12)17-21-10-16(2,3)11-22-17/h4-5,7-9,14,18H,1,6,10-11H2,2-3H3,(H,19,20). The minimum absolute atomic E-state index is 0.0182. The van der Waals surface area contributed by atoms with Crippen molar-refractivity contribution in [1.82, 2.24) is 5.32 Å². The lowest BCUT2D eigenvalue weighted by molar-refractivity contribution is 0.0343. The van der Waals surface area contributed by atoms with Gasteiger partial charge in [-0.1, -0.05) is 44.2 Å². The first-order valence-corrected chi connectivity index (χ1v) is 7.35. The van der Waals surface area contributed by atoms with Crippen LogP contribution in [0, 0.1) is 5.41 Å². The van der Waals surface area contributed by atoms with Crippen LogP contribution in [0.3, 0.4) is 0 Å². The molecule has 0 spiro atoms. The van der Waals surface area contributed by atoms with E-state index in [-0.39, 0.29) is 11.5 Å². The summed E-state index contributed by atoms with van der Waals surface area (Å²) in [6, 6.07) is 7.30. The molecule has 6 heteroatoms. The molecule has 1 unspecified atom stereocenters. The van der Waals surface area contributed by atoms with Crippen molar-refractivity contribution >= 4 is 18.7 Å². The Labute approximate surface area is 131 Å². The number of benzene rings is 1. The zero-order valence-corrected chi connectivity index (χ0v) is 13.0. The average molecular weight is 303 g/mol. The third-order valence-electron chi connectivity index (χ3n) is 3.54. The van der Waals surface area contributed by atoms with Crippen molar-refractivity contribution < 1.29 is 19.2 Å². The Bertz CT molecular complexity index is 537. The molecule has 118 valence electrons. The maximum Gasteiger partial charge on any atom is 0.493 e. The van der Waals surface area contributed by atoms with Crippen LogP contribution in [0.1, 0.15) is 31.9 Å². The lowest BCUT2D eigenvalue weighted by atomic mass is 9.75. The fourth-order valence-corrected chi connectivity index (χ4v) is 2.40. The second kappa shape index (κ2) is 6.98. The minimum atomic E-state index is -1.05. The summed E-state index contributed by atoms with van der Waals surface area (Å²) in [7, 11) is -0.401. The molecule has 1 fully saturated rings. The summed E-state index contributed by atoms with van der Waals surface area (Å²) in [4.78, 5) is 10.9. The molecule has 22 heavy (non-hydrogen) atoms. The molecular weight excluding hydrogens is 281 g/mol. The fourth-order valence-electron chi connectivity index (χ4n) is 2.40. The predicted molar refractivity (Wildman–Crippen MR) is 86.2 cm³/mol.